The summed E-state index contributed by atoms with van der Waals surface area (Å²) in [4.78, 5) is 3.37. The minimum atomic E-state index is 1.03. The average Bonchev–Trinajstić information content (AvgIpc) is 2.57. The zero-order chi connectivity index (χ0) is 9.10. The van der Waals surface area contributed by atoms with Crippen LogP contribution < -0.4 is 0 Å². The second-order valence-corrected chi connectivity index (χ2v) is 4.69. The van der Waals surface area contributed by atoms with Crippen LogP contribution in [0.15, 0.2) is 35.4 Å². The predicted molar refractivity (Wildman–Crippen MR) is 62.8 cm³/mol. The van der Waals surface area contributed by atoms with Gasteiger partial charge >= 0.3 is 0 Å². The summed E-state index contributed by atoms with van der Waals surface area (Å²) in [6.45, 7) is 0. The van der Waals surface area contributed by atoms with Gasteiger partial charge in [0.1, 0.15) is 0 Å². The zero-order valence-electron chi connectivity index (χ0n) is 7.09. The maximum atomic E-state index is 3.42. The normalized spacial score (nSPS) is 10.8. The number of nitrogens with one attached hydrogen (secondary N) is 1. The predicted octanol–water partition coefficient (Wildman–Crippen LogP) is 3.65. The van der Waals surface area contributed by atoms with Crippen molar-refractivity contribution < 1.29 is 0 Å². The molecule has 0 bridgehead atoms. The van der Waals surface area contributed by atoms with E-state index in [0.717, 1.165) is 11.1 Å². The highest BCUT2D eigenvalue weighted by Crippen LogP contribution is 2.22. The molecule has 13 heavy (non-hydrogen) atoms. The molecule has 0 amide bonds. The number of fused-ring (bicyclic) bond motifs is 1. The molecule has 0 spiro atoms. The smallest absolute Gasteiger partial charge is 0.0732 e. The van der Waals surface area contributed by atoms with Crippen molar-refractivity contribution in [1.29, 1.82) is 0 Å². The van der Waals surface area contributed by atoms with Crippen LogP contribution in [0.1, 0.15) is 0 Å². The van der Waals surface area contributed by atoms with Crippen molar-refractivity contribution in [3.05, 3.63) is 30.3 Å². The number of thioether (sulfide) groups is 1. The number of aromatic amines is 1. The van der Waals surface area contributed by atoms with Crippen molar-refractivity contribution >= 4 is 38.6 Å². The van der Waals surface area contributed by atoms with Crippen LogP contribution in [-0.2, 0) is 0 Å². The monoisotopic (exact) mass is 255 g/mol. The number of H-pyrrole nitrogens is 1. The van der Waals surface area contributed by atoms with E-state index in [1.165, 1.54) is 15.9 Å². The molecule has 0 aliphatic carbocycles. The van der Waals surface area contributed by atoms with Gasteiger partial charge in [0.05, 0.1) is 5.03 Å². The molecule has 0 unspecified atom stereocenters. The Morgan fingerprint density at radius 3 is 2.92 bits per heavy atom. The number of hydrogen-bond acceptors (Lipinski definition) is 1. The summed E-state index contributed by atoms with van der Waals surface area (Å²) in [6, 6.07) is 10.5. The van der Waals surface area contributed by atoms with Crippen molar-refractivity contribution in [2.45, 2.75) is 5.03 Å². The average molecular weight is 256 g/mol. The van der Waals surface area contributed by atoms with Crippen LogP contribution in [0.5, 0.6) is 0 Å². The highest BCUT2D eigenvalue weighted by molar-refractivity contribution is 9.09. The van der Waals surface area contributed by atoms with Crippen molar-refractivity contribution in [2.75, 3.05) is 11.1 Å². The van der Waals surface area contributed by atoms with Crippen LogP contribution in [-0.4, -0.2) is 16.1 Å². The molecular weight excluding hydrogens is 246 g/mol. The van der Waals surface area contributed by atoms with Crippen LogP contribution in [0.3, 0.4) is 0 Å². The summed E-state index contributed by atoms with van der Waals surface area (Å²) in [6.07, 6.45) is 0. The molecule has 1 aromatic heterocycles. The van der Waals surface area contributed by atoms with Gasteiger partial charge in [0.25, 0.3) is 0 Å². The first-order chi connectivity index (χ1) is 6.40. The lowest BCUT2D eigenvalue weighted by Crippen LogP contribution is -1.77. The first-order valence-corrected chi connectivity index (χ1v) is 6.27. The first-order valence-electron chi connectivity index (χ1n) is 4.16. The Labute approximate surface area is 90.0 Å². The van der Waals surface area contributed by atoms with Crippen LogP contribution in [0.4, 0.5) is 0 Å². The van der Waals surface area contributed by atoms with Gasteiger partial charge in [-0.3, -0.25) is 0 Å². The Kier molecular flexibility index (Phi) is 2.96. The van der Waals surface area contributed by atoms with E-state index >= 15 is 0 Å². The Bertz CT molecular complexity index is 363. The fourth-order valence-corrected chi connectivity index (χ4v) is 2.45. The number of para-hydroxylation sites is 1. The highest BCUT2D eigenvalue weighted by Gasteiger charge is 1.98. The molecule has 0 aliphatic heterocycles. The Hall–Kier alpha value is -0.410. The van der Waals surface area contributed by atoms with E-state index in [2.05, 4.69) is 51.2 Å². The summed E-state index contributed by atoms with van der Waals surface area (Å²) < 4.78 is 0. The molecular formula is C10H10BrNS. The number of halogens is 1. The van der Waals surface area contributed by atoms with Gasteiger partial charge < -0.3 is 4.98 Å². The molecule has 0 fully saturated rings. The molecule has 0 saturated heterocycles. The Morgan fingerprint density at radius 1 is 1.31 bits per heavy atom. The van der Waals surface area contributed by atoms with E-state index < -0.39 is 0 Å². The number of hydrogen-bond donors (Lipinski definition) is 1. The van der Waals surface area contributed by atoms with Gasteiger partial charge in [0.2, 0.25) is 0 Å². The van der Waals surface area contributed by atoms with E-state index in [9.17, 15) is 0 Å². The van der Waals surface area contributed by atoms with Gasteiger partial charge in [0.15, 0.2) is 0 Å². The van der Waals surface area contributed by atoms with Gasteiger partial charge in [-0.15, -0.1) is 11.8 Å². The minimum Gasteiger partial charge on any atom is -0.350 e. The minimum absolute atomic E-state index is 1.03. The quantitative estimate of drug-likeness (QED) is 0.654. The standard InChI is InChI=1S/C10H10BrNS/c11-5-6-13-10-7-8-3-1-2-4-9(8)12-10/h1-4,7,12H,5-6H2. The second-order valence-electron chi connectivity index (χ2n) is 2.76. The van der Waals surface area contributed by atoms with E-state index in [1.54, 1.807) is 0 Å². The van der Waals surface area contributed by atoms with Crippen LogP contribution >= 0.6 is 27.7 Å². The van der Waals surface area contributed by atoms with E-state index in [-0.39, 0.29) is 0 Å². The maximum Gasteiger partial charge on any atom is 0.0732 e. The summed E-state index contributed by atoms with van der Waals surface area (Å²) in [5.41, 5.74) is 1.22. The number of aromatic nitrogens is 1. The molecule has 0 aliphatic rings. The molecule has 0 atom stereocenters. The van der Waals surface area contributed by atoms with E-state index in [4.69, 9.17) is 0 Å². The first kappa shape index (κ1) is 9.16. The zero-order valence-corrected chi connectivity index (χ0v) is 9.49. The lowest BCUT2D eigenvalue weighted by molar-refractivity contribution is 1.24. The van der Waals surface area contributed by atoms with Crippen molar-refractivity contribution in [3.8, 4) is 0 Å². The van der Waals surface area contributed by atoms with Gasteiger partial charge in [-0.2, -0.15) is 0 Å². The molecule has 0 saturated carbocycles. The molecule has 1 N–H and O–H groups in total. The van der Waals surface area contributed by atoms with Crippen LogP contribution in [0.2, 0.25) is 0 Å². The van der Waals surface area contributed by atoms with Crippen molar-refractivity contribution in [3.63, 3.8) is 0 Å². The number of benzene rings is 1. The topological polar surface area (TPSA) is 15.8 Å². The summed E-state index contributed by atoms with van der Waals surface area (Å²) in [7, 11) is 0. The fraction of sp³-hybridized carbons (Fsp3) is 0.200. The third-order valence-electron chi connectivity index (χ3n) is 1.84. The van der Waals surface area contributed by atoms with Gasteiger partial charge in [-0.1, -0.05) is 34.1 Å². The molecule has 0 radical (unpaired) electrons. The Balaban J connectivity index is 2.28. The molecule has 3 heteroatoms. The fourth-order valence-electron chi connectivity index (χ4n) is 1.27. The summed E-state index contributed by atoms with van der Waals surface area (Å²) in [5, 5.41) is 3.58. The van der Waals surface area contributed by atoms with Gasteiger partial charge in [0, 0.05) is 22.0 Å². The molecule has 1 nitrogen and oxygen atoms in total. The summed E-state index contributed by atoms with van der Waals surface area (Å²) >= 11 is 5.26. The molecule has 1 heterocycles. The summed E-state index contributed by atoms with van der Waals surface area (Å²) in [5.74, 6) is 1.10. The van der Waals surface area contributed by atoms with Crippen molar-refractivity contribution in [1.82, 2.24) is 4.98 Å². The van der Waals surface area contributed by atoms with Crippen molar-refractivity contribution in [2.24, 2.45) is 0 Å². The SMILES string of the molecule is BrCCSc1cc2ccccc2[nH]1. The molecule has 2 aromatic rings. The number of rotatable bonds is 3. The molecule has 68 valence electrons. The van der Waals surface area contributed by atoms with E-state index in [0.29, 0.717) is 0 Å². The van der Waals surface area contributed by atoms with Gasteiger partial charge in [-0.05, 0) is 12.1 Å². The van der Waals surface area contributed by atoms with Crippen LogP contribution in [0.25, 0.3) is 10.9 Å². The maximum absolute atomic E-state index is 3.42. The third kappa shape index (κ3) is 2.09. The lowest BCUT2D eigenvalue weighted by atomic mass is 10.3. The van der Waals surface area contributed by atoms with E-state index in [1.807, 2.05) is 11.8 Å². The third-order valence-corrected chi connectivity index (χ3v) is 3.70. The highest BCUT2D eigenvalue weighted by atomic mass is 79.9. The Morgan fingerprint density at radius 2 is 2.15 bits per heavy atom. The second kappa shape index (κ2) is 4.20. The largest absolute Gasteiger partial charge is 0.350 e. The number of alkyl halides is 1. The van der Waals surface area contributed by atoms with Gasteiger partial charge in [-0.25, -0.2) is 0 Å². The molecule has 2 rings (SSSR count). The molecule has 1 aromatic carbocycles. The van der Waals surface area contributed by atoms with Crippen LogP contribution in [0, 0.1) is 0 Å². The lowest BCUT2D eigenvalue weighted by Gasteiger charge is -1.91.